The van der Waals surface area contributed by atoms with Gasteiger partial charge in [-0.05, 0) is 24.1 Å². The number of halogens is 2. The monoisotopic (exact) mass is 306 g/mol. The van der Waals surface area contributed by atoms with Gasteiger partial charge in [0.05, 0.1) is 0 Å². The second-order valence-electron chi connectivity index (χ2n) is 4.72. The molecule has 0 radical (unpaired) electrons. The van der Waals surface area contributed by atoms with Gasteiger partial charge in [0.25, 0.3) is 5.91 Å². The predicted octanol–water partition coefficient (Wildman–Crippen LogP) is 3.59. The Morgan fingerprint density at radius 3 is 2.75 bits per heavy atom. The number of carbonyl (C=O) groups excluding carboxylic acids is 1. The number of rotatable bonds is 2. The van der Waals surface area contributed by atoms with Crippen LogP contribution in [0.1, 0.15) is 21.5 Å². The molecule has 0 aliphatic carbocycles. The summed E-state index contributed by atoms with van der Waals surface area (Å²) < 4.78 is 0. The molecule has 0 unspecified atom stereocenters. The van der Waals surface area contributed by atoms with Crippen molar-refractivity contribution < 1.29 is 4.79 Å². The van der Waals surface area contributed by atoms with E-state index in [-0.39, 0.29) is 5.91 Å². The first kappa shape index (κ1) is 13.4. The summed E-state index contributed by atoms with van der Waals surface area (Å²) in [7, 11) is 0. The third-order valence-electron chi connectivity index (χ3n) is 3.44. The van der Waals surface area contributed by atoms with Crippen LogP contribution in [0, 0.1) is 0 Å². The lowest BCUT2D eigenvalue weighted by molar-refractivity contribution is 0.0727. The number of pyridine rings is 1. The molecule has 3 rings (SSSR count). The highest BCUT2D eigenvalue weighted by Crippen LogP contribution is 2.23. The molecule has 5 heteroatoms. The molecule has 0 atom stereocenters. The van der Waals surface area contributed by atoms with Gasteiger partial charge < -0.3 is 4.90 Å². The van der Waals surface area contributed by atoms with Crippen LogP contribution in [0.15, 0.2) is 36.4 Å². The first-order valence-electron chi connectivity index (χ1n) is 6.33. The fraction of sp³-hybridized carbons (Fsp3) is 0.200. The quantitative estimate of drug-likeness (QED) is 0.794. The van der Waals surface area contributed by atoms with Crippen molar-refractivity contribution in [1.29, 1.82) is 0 Å². The highest BCUT2D eigenvalue weighted by molar-refractivity contribution is 6.32. The van der Waals surface area contributed by atoms with Crippen molar-refractivity contribution in [2.24, 2.45) is 0 Å². The van der Waals surface area contributed by atoms with E-state index in [1.54, 1.807) is 11.0 Å². The summed E-state index contributed by atoms with van der Waals surface area (Å²) in [6.07, 6.45) is 0.862. The Hall–Kier alpha value is -1.58. The smallest absolute Gasteiger partial charge is 0.254 e. The Labute approximate surface area is 127 Å². The predicted molar refractivity (Wildman–Crippen MR) is 79.1 cm³/mol. The van der Waals surface area contributed by atoms with E-state index < -0.39 is 0 Å². The molecule has 2 heterocycles. The topological polar surface area (TPSA) is 33.2 Å². The summed E-state index contributed by atoms with van der Waals surface area (Å²) in [5.41, 5.74) is 2.69. The lowest BCUT2D eigenvalue weighted by Crippen LogP contribution is -2.37. The lowest BCUT2D eigenvalue weighted by Gasteiger charge is -2.28. The summed E-state index contributed by atoms with van der Waals surface area (Å²) in [6.45, 7) is 1.14. The van der Waals surface area contributed by atoms with Crippen LogP contribution in [0.2, 0.25) is 10.3 Å². The first-order chi connectivity index (χ1) is 9.65. The van der Waals surface area contributed by atoms with Crippen molar-refractivity contribution in [1.82, 2.24) is 9.88 Å². The molecule has 1 amide bonds. The molecule has 3 nitrogen and oxygen atoms in total. The summed E-state index contributed by atoms with van der Waals surface area (Å²) in [5, 5.41) is 0.707. The molecule has 1 aliphatic heterocycles. The molecular formula is C15H12Cl2N2O. The van der Waals surface area contributed by atoms with Crippen molar-refractivity contribution in [3.63, 3.8) is 0 Å². The molecule has 102 valence electrons. The second kappa shape index (κ2) is 5.43. The van der Waals surface area contributed by atoms with Gasteiger partial charge in [-0.2, -0.15) is 0 Å². The van der Waals surface area contributed by atoms with Crippen molar-refractivity contribution in [3.05, 3.63) is 63.4 Å². The number of nitrogens with zero attached hydrogens (tertiary/aromatic N) is 2. The molecule has 1 aromatic heterocycles. The zero-order chi connectivity index (χ0) is 14.1. The Kier molecular flexibility index (Phi) is 3.64. The van der Waals surface area contributed by atoms with Crippen LogP contribution in [0.3, 0.4) is 0 Å². The Balaban J connectivity index is 1.85. The normalized spacial score (nSPS) is 14.3. The summed E-state index contributed by atoms with van der Waals surface area (Å²) in [5.74, 6) is 0.0397. The molecule has 2 aromatic rings. The average Bonchev–Trinajstić information content (AvgIpc) is 2.45. The fourth-order valence-corrected chi connectivity index (χ4v) is 2.79. The molecule has 0 bridgehead atoms. The highest BCUT2D eigenvalue weighted by Gasteiger charge is 2.24. The van der Waals surface area contributed by atoms with E-state index in [0.29, 0.717) is 23.4 Å². The van der Waals surface area contributed by atoms with Crippen molar-refractivity contribution in [2.45, 2.75) is 13.0 Å². The van der Waals surface area contributed by atoms with Crippen LogP contribution >= 0.6 is 23.2 Å². The number of aromatic nitrogens is 1. The number of carbonyl (C=O) groups is 1. The molecular weight excluding hydrogens is 295 g/mol. The molecule has 0 saturated heterocycles. The summed E-state index contributed by atoms with van der Waals surface area (Å²) in [4.78, 5) is 18.2. The SMILES string of the molecule is O=C1c2ccccc2CCN1Cc1ccc(Cl)nc1Cl. The van der Waals surface area contributed by atoms with E-state index in [2.05, 4.69) is 4.98 Å². The molecule has 20 heavy (non-hydrogen) atoms. The van der Waals surface area contributed by atoms with E-state index in [4.69, 9.17) is 23.2 Å². The van der Waals surface area contributed by atoms with Gasteiger partial charge in [-0.3, -0.25) is 4.79 Å². The van der Waals surface area contributed by atoms with E-state index in [9.17, 15) is 4.79 Å². The molecule has 0 fully saturated rings. The van der Waals surface area contributed by atoms with Crippen LogP contribution in [0.4, 0.5) is 0 Å². The van der Waals surface area contributed by atoms with E-state index >= 15 is 0 Å². The largest absolute Gasteiger partial charge is 0.334 e. The Morgan fingerprint density at radius 2 is 1.95 bits per heavy atom. The van der Waals surface area contributed by atoms with Gasteiger partial charge in [0.15, 0.2) is 0 Å². The summed E-state index contributed by atoms with van der Waals surface area (Å²) >= 11 is 11.8. The minimum atomic E-state index is 0.0397. The maximum absolute atomic E-state index is 12.4. The van der Waals surface area contributed by atoms with Gasteiger partial charge in [-0.1, -0.05) is 47.5 Å². The van der Waals surface area contributed by atoms with Gasteiger partial charge >= 0.3 is 0 Å². The lowest BCUT2D eigenvalue weighted by atomic mass is 9.99. The van der Waals surface area contributed by atoms with E-state index in [0.717, 1.165) is 23.1 Å². The number of benzene rings is 1. The average molecular weight is 307 g/mol. The third kappa shape index (κ3) is 2.51. The Bertz CT molecular complexity index is 673. The highest BCUT2D eigenvalue weighted by atomic mass is 35.5. The zero-order valence-corrected chi connectivity index (χ0v) is 12.2. The fourth-order valence-electron chi connectivity index (χ4n) is 2.39. The van der Waals surface area contributed by atoms with Crippen LogP contribution in [0.5, 0.6) is 0 Å². The molecule has 1 aliphatic rings. The molecule has 0 saturated carbocycles. The van der Waals surface area contributed by atoms with Gasteiger partial charge in [0, 0.05) is 24.2 Å². The van der Waals surface area contributed by atoms with Gasteiger partial charge in [-0.25, -0.2) is 4.98 Å². The maximum atomic E-state index is 12.4. The van der Waals surface area contributed by atoms with E-state index in [1.165, 1.54) is 0 Å². The molecule has 1 aromatic carbocycles. The van der Waals surface area contributed by atoms with Gasteiger partial charge in [0.2, 0.25) is 0 Å². The Morgan fingerprint density at radius 1 is 1.15 bits per heavy atom. The molecule has 0 N–H and O–H groups in total. The zero-order valence-electron chi connectivity index (χ0n) is 10.6. The van der Waals surface area contributed by atoms with Crippen molar-refractivity contribution in [2.75, 3.05) is 6.54 Å². The van der Waals surface area contributed by atoms with Crippen LogP contribution in [-0.4, -0.2) is 22.3 Å². The minimum Gasteiger partial charge on any atom is -0.334 e. The van der Waals surface area contributed by atoms with Crippen LogP contribution in [0.25, 0.3) is 0 Å². The maximum Gasteiger partial charge on any atom is 0.254 e. The van der Waals surface area contributed by atoms with Crippen LogP contribution in [-0.2, 0) is 13.0 Å². The summed E-state index contributed by atoms with van der Waals surface area (Å²) in [6, 6.07) is 11.2. The van der Waals surface area contributed by atoms with Crippen LogP contribution < -0.4 is 0 Å². The van der Waals surface area contributed by atoms with E-state index in [1.807, 2.05) is 30.3 Å². The number of hydrogen-bond acceptors (Lipinski definition) is 2. The number of fused-ring (bicyclic) bond motifs is 1. The number of hydrogen-bond donors (Lipinski definition) is 0. The van der Waals surface area contributed by atoms with Gasteiger partial charge in [0.1, 0.15) is 10.3 Å². The van der Waals surface area contributed by atoms with Crippen molar-refractivity contribution >= 4 is 29.1 Å². The molecule has 0 spiro atoms. The first-order valence-corrected chi connectivity index (χ1v) is 7.09. The standard InChI is InChI=1S/C15H12Cl2N2O/c16-13-6-5-11(14(17)18-13)9-19-8-7-10-3-1-2-4-12(10)15(19)20/h1-6H,7-9H2. The number of amides is 1. The second-order valence-corrected chi connectivity index (χ2v) is 5.46. The van der Waals surface area contributed by atoms with Crippen molar-refractivity contribution in [3.8, 4) is 0 Å². The third-order valence-corrected chi connectivity index (χ3v) is 3.98. The van der Waals surface area contributed by atoms with Gasteiger partial charge in [-0.15, -0.1) is 0 Å². The minimum absolute atomic E-state index is 0.0397.